The van der Waals surface area contributed by atoms with Crippen molar-refractivity contribution in [3.8, 4) is 33.9 Å². The Balaban J connectivity index is 1.29. The van der Waals surface area contributed by atoms with Crippen molar-refractivity contribution in [3.05, 3.63) is 89.5 Å². The lowest BCUT2D eigenvalue weighted by Gasteiger charge is -2.09. The minimum Gasteiger partial charge on any atom is -0.497 e. The van der Waals surface area contributed by atoms with Gasteiger partial charge in [0, 0.05) is 5.56 Å². The molecule has 0 aliphatic heterocycles. The number of benzene rings is 3. The number of hydrogen-bond acceptors (Lipinski definition) is 8. The Labute approximate surface area is 218 Å². The molecule has 1 aromatic heterocycles. The number of nitrogens with one attached hydrogen (secondary N) is 1. The van der Waals surface area contributed by atoms with Gasteiger partial charge in [0.05, 0.1) is 7.11 Å². The fourth-order valence-corrected chi connectivity index (χ4v) is 3.96. The molecule has 1 amide bonds. The Hall–Kier alpha value is -4.68. The molecule has 1 heterocycles. The molecule has 8 nitrogen and oxygen atoms in total. The summed E-state index contributed by atoms with van der Waals surface area (Å²) in [6.07, 6.45) is 1.51. The van der Waals surface area contributed by atoms with E-state index in [1.807, 2.05) is 61.5 Å². The lowest BCUT2D eigenvalue weighted by molar-refractivity contribution is -0.112. The highest BCUT2D eigenvalue weighted by molar-refractivity contribution is 7.18. The number of methoxy groups -OCH3 is 1. The first-order valence-electron chi connectivity index (χ1n) is 11.4. The van der Waals surface area contributed by atoms with E-state index in [4.69, 9.17) is 14.2 Å². The van der Waals surface area contributed by atoms with Crippen molar-refractivity contribution in [1.82, 2.24) is 10.2 Å². The number of anilines is 1. The molecule has 3 aromatic carbocycles. The summed E-state index contributed by atoms with van der Waals surface area (Å²) in [7, 11) is 1.61. The van der Waals surface area contributed by atoms with Crippen LogP contribution in [-0.2, 0) is 4.79 Å². The zero-order valence-electron chi connectivity index (χ0n) is 20.3. The van der Waals surface area contributed by atoms with Crippen LogP contribution in [0.3, 0.4) is 0 Å². The predicted octanol–water partition coefficient (Wildman–Crippen LogP) is 5.53. The topological polar surface area (TPSA) is 106 Å². The van der Waals surface area contributed by atoms with Gasteiger partial charge in [-0.25, -0.2) is 0 Å². The Kier molecular flexibility index (Phi) is 8.47. The molecule has 1 N–H and O–H groups in total. The Morgan fingerprint density at radius 2 is 1.51 bits per heavy atom. The average Bonchev–Trinajstić information content (AvgIpc) is 3.39. The molecule has 0 fully saturated rings. The number of carbonyl (C=O) groups excluding carboxylic acids is 1. The van der Waals surface area contributed by atoms with E-state index in [2.05, 4.69) is 15.5 Å². The average molecular weight is 513 g/mol. The number of nitrogens with zero attached hydrogens (tertiary/aromatic N) is 3. The Morgan fingerprint density at radius 1 is 0.919 bits per heavy atom. The van der Waals surface area contributed by atoms with Crippen LogP contribution in [0, 0.1) is 18.3 Å². The van der Waals surface area contributed by atoms with Gasteiger partial charge in [-0.15, -0.1) is 10.2 Å². The van der Waals surface area contributed by atoms with Crippen molar-refractivity contribution in [2.45, 2.75) is 6.92 Å². The van der Waals surface area contributed by atoms with E-state index in [1.54, 1.807) is 31.4 Å². The van der Waals surface area contributed by atoms with Crippen molar-refractivity contribution in [1.29, 1.82) is 5.26 Å². The fourth-order valence-electron chi connectivity index (χ4n) is 3.22. The highest BCUT2D eigenvalue weighted by atomic mass is 32.1. The first-order valence-corrected chi connectivity index (χ1v) is 12.2. The lowest BCUT2D eigenvalue weighted by atomic mass is 10.1. The summed E-state index contributed by atoms with van der Waals surface area (Å²) in [6, 6.07) is 24.2. The largest absolute Gasteiger partial charge is 0.497 e. The van der Waals surface area contributed by atoms with Gasteiger partial charge in [0.2, 0.25) is 5.13 Å². The zero-order chi connectivity index (χ0) is 26.0. The number of nitriles is 1. The lowest BCUT2D eigenvalue weighted by Crippen LogP contribution is -2.13. The third-order valence-corrected chi connectivity index (χ3v) is 6.07. The summed E-state index contributed by atoms with van der Waals surface area (Å²) in [5, 5.41) is 21.3. The number of rotatable bonds is 10. The van der Waals surface area contributed by atoms with Gasteiger partial charge < -0.3 is 14.2 Å². The van der Waals surface area contributed by atoms with Crippen LogP contribution in [0.15, 0.2) is 78.4 Å². The number of amides is 1. The molecule has 9 heteroatoms. The van der Waals surface area contributed by atoms with E-state index in [9.17, 15) is 10.1 Å². The van der Waals surface area contributed by atoms with Crippen LogP contribution in [0.5, 0.6) is 17.2 Å². The first kappa shape index (κ1) is 25.4. The maximum absolute atomic E-state index is 12.6. The molecule has 4 rings (SSSR count). The number of aromatic nitrogens is 2. The highest BCUT2D eigenvalue weighted by Gasteiger charge is 2.13. The maximum Gasteiger partial charge on any atom is 0.268 e. The molecule has 0 spiro atoms. The smallest absolute Gasteiger partial charge is 0.268 e. The van der Waals surface area contributed by atoms with E-state index in [0.717, 1.165) is 22.6 Å². The van der Waals surface area contributed by atoms with E-state index in [0.29, 0.717) is 34.7 Å². The van der Waals surface area contributed by atoms with Crippen molar-refractivity contribution in [2.75, 3.05) is 25.6 Å². The maximum atomic E-state index is 12.6. The monoisotopic (exact) mass is 512 g/mol. The SMILES string of the molecule is COc1ccc(OCCOc2ccc(/C=C(/C#N)C(=O)Nc3nnc(-c4ccc(C)cc4)s3)cc2)cc1. The molecular weight excluding hydrogens is 488 g/mol. The number of ether oxygens (including phenoxy) is 3. The van der Waals surface area contributed by atoms with E-state index >= 15 is 0 Å². The molecular formula is C28H24N4O4S. The van der Waals surface area contributed by atoms with Crippen LogP contribution in [0.1, 0.15) is 11.1 Å². The van der Waals surface area contributed by atoms with Crippen molar-refractivity contribution < 1.29 is 19.0 Å². The summed E-state index contributed by atoms with van der Waals surface area (Å²) in [6.45, 7) is 2.75. The molecule has 0 aliphatic rings. The zero-order valence-corrected chi connectivity index (χ0v) is 21.1. The van der Waals surface area contributed by atoms with Gasteiger partial charge in [-0.3, -0.25) is 10.1 Å². The van der Waals surface area contributed by atoms with Crippen LogP contribution < -0.4 is 19.5 Å². The van der Waals surface area contributed by atoms with Gasteiger partial charge >= 0.3 is 0 Å². The second kappa shape index (κ2) is 12.3. The van der Waals surface area contributed by atoms with Crippen molar-refractivity contribution in [2.24, 2.45) is 0 Å². The van der Waals surface area contributed by atoms with Crippen LogP contribution in [0.25, 0.3) is 16.6 Å². The summed E-state index contributed by atoms with van der Waals surface area (Å²) >= 11 is 1.24. The predicted molar refractivity (Wildman–Crippen MR) is 143 cm³/mol. The molecule has 0 aliphatic carbocycles. The molecule has 0 saturated carbocycles. The molecule has 0 atom stereocenters. The number of carbonyl (C=O) groups is 1. The van der Waals surface area contributed by atoms with Crippen LogP contribution in [0.2, 0.25) is 0 Å². The standard InChI is InChI=1S/C28H24N4O4S/c1-19-3-7-21(8-4-19)27-31-32-28(37-27)30-26(33)22(18-29)17-20-5-9-24(10-6-20)35-15-16-36-25-13-11-23(34-2)12-14-25/h3-14,17H,15-16H2,1-2H3,(H,30,32,33)/b22-17-. The van der Waals surface area contributed by atoms with Crippen molar-refractivity contribution in [3.63, 3.8) is 0 Å². The first-order chi connectivity index (χ1) is 18.0. The van der Waals surface area contributed by atoms with E-state index in [-0.39, 0.29) is 5.57 Å². The normalized spacial score (nSPS) is 10.9. The summed E-state index contributed by atoms with van der Waals surface area (Å²) in [5.74, 6) is 1.59. The molecule has 0 radical (unpaired) electrons. The quantitative estimate of drug-likeness (QED) is 0.169. The third kappa shape index (κ3) is 7.16. The highest BCUT2D eigenvalue weighted by Crippen LogP contribution is 2.27. The minimum absolute atomic E-state index is 0.0476. The molecule has 186 valence electrons. The van der Waals surface area contributed by atoms with E-state index in [1.165, 1.54) is 17.4 Å². The summed E-state index contributed by atoms with van der Waals surface area (Å²) in [4.78, 5) is 12.6. The van der Waals surface area contributed by atoms with Gasteiger partial charge in [0.25, 0.3) is 5.91 Å². The van der Waals surface area contributed by atoms with Crippen LogP contribution >= 0.6 is 11.3 Å². The Morgan fingerprint density at radius 3 is 2.11 bits per heavy atom. The second-order valence-corrected chi connectivity index (χ2v) is 8.82. The molecule has 0 bridgehead atoms. The van der Waals surface area contributed by atoms with Gasteiger partial charge in [-0.05, 0) is 55.0 Å². The number of hydrogen-bond donors (Lipinski definition) is 1. The van der Waals surface area contributed by atoms with Crippen LogP contribution in [0.4, 0.5) is 5.13 Å². The van der Waals surface area contributed by atoms with Gasteiger partial charge in [0.1, 0.15) is 47.1 Å². The van der Waals surface area contributed by atoms with Gasteiger partial charge in [0.15, 0.2) is 0 Å². The molecule has 0 unspecified atom stereocenters. The van der Waals surface area contributed by atoms with Crippen molar-refractivity contribution >= 4 is 28.5 Å². The van der Waals surface area contributed by atoms with Gasteiger partial charge in [-0.2, -0.15) is 5.26 Å². The fraction of sp³-hybridized carbons (Fsp3) is 0.143. The molecule has 37 heavy (non-hydrogen) atoms. The third-order valence-electron chi connectivity index (χ3n) is 5.18. The summed E-state index contributed by atoms with van der Waals surface area (Å²) in [5.41, 5.74) is 2.69. The summed E-state index contributed by atoms with van der Waals surface area (Å²) < 4.78 is 16.5. The molecule has 0 saturated heterocycles. The van der Waals surface area contributed by atoms with Gasteiger partial charge in [-0.1, -0.05) is 53.3 Å². The van der Waals surface area contributed by atoms with E-state index < -0.39 is 5.91 Å². The van der Waals surface area contributed by atoms with Crippen LogP contribution in [-0.4, -0.2) is 36.4 Å². The molecule has 4 aromatic rings. The number of aryl methyl sites for hydroxylation is 1. The second-order valence-electron chi connectivity index (χ2n) is 7.84. The minimum atomic E-state index is -0.551. The Bertz CT molecular complexity index is 1410.